The van der Waals surface area contributed by atoms with E-state index >= 15 is 0 Å². The molecule has 1 rings (SSSR count). The van der Waals surface area contributed by atoms with Gasteiger partial charge in [0, 0.05) is 22.5 Å². The first-order valence-corrected chi connectivity index (χ1v) is 6.16. The van der Waals surface area contributed by atoms with Crippen molar-refractivity contribution in [3.63, 3.8) is 0 Å². The number of nitrogens with one attached hydrogen (secondary N) is 1. The molecule has 0 saturated carbocycles. The van der Waals surface area contributed by atoms with Gasteiger partial charge in [-0.1, -0.05) is 22.0 Å². The van der Waals surface area contributed by atoms with E-state index in [2.05, 4.69) is 21.2 Å². The van der Waals surface area contributed by atoms with E-state index < -0.39 is 0 Å². The van der Waals surface area contributed by atoms with E-state index in [1.54, 1.807) is 0 Å². The van der Waals surface area contributed by atoms with Gasteiger partial charge in [0.2, 0.25) is 5.91 Å². The van der Waals surface area contributed by atoms with Gasteiger partial charge in [-0.25, -0.2) is 0 Å². The Balaban J connectivity index is 2.37. The highest BCUT2D eigenvalue weighted by atomic mass is 79.9. The maximum atomic E-state index is 11.4. The number of alkyl halides is 1. The van der Waals surface area contributed by atoms with Gasteiger partial charge in [-0.3, -0.25) is 4.79 Å². The van der Waals surface area contributed by atoms with Crippen LogP contribution in [-0.4, -0.2) is 11.8 Å². The third-order valence-corrected chi connectivity index (χ3v) is 2.66. The second-order valence-electron chi connectivity index (χ2n) is 3.20. The molecule has 1 aromatic carbocycles. The molecule has 2 nitrogen and oxygen atoms in total. The minimum absolute atomic E-state index is 0.0400. The molecule has 0 aromatic heterocycles. The van der Waals surface area contributed by atoms with E-state index in [9.17, 15) is 4.79 Å². The van der Waals surface area contributed by atoms with Crippen LogP contribution in [0, 0.1) is 0 Å². The van der Waals surface area contributed by atoms with Crippen molar-refractivity contribution in [3.05, 3.63) is 28.7 Å². The number of carbonyl (C=O) groups is 1. The van der Waals surface area contributed by atoms with Crippen molar-refractivity contribution in [3.8, 4) is 0 Å². The smallest absolute Gasteiger partial charge is 0.224 e. The predicted molar refractivity (Wildman–Crippen MR) is 67.3 cm³/mol. The van der Waals surface area contributed by atoms with E-state index in [0.29, 0.717) is 12.3 Å². The Morgan fingerprint density at radius 2 is 2.20 bits per heavy atom. The van der Waals surface area contributed by atoms with Crippen molar-refractivity contribution in [2.45, 2.75) is 19.3 Å². The standard InChI is InChI=1S/C11H13BrClNO/c12-9-4-3-5-10(8-9)14-11(15)6-1-2-7-13/h3-5,8H,1-2,6-7H2,(H,14,15). The Labute approximate surface area is 103 Å². The maximum absolute atomic E-state index is 11.4. The zero-order valence-electron chi connectivity index (χ0n) is 8.30. The molecule has 0 heterocycles. The summed E-state index contributed by atoms with van der Waals surface area (Å²) in [7, 11) is 0. The number of rotatable bonds is 5. The minimum Gasteiger partial charge on any atom is -0.326 e. The maximum Gasteiger partial charge on any atom is 0.224 e. The average Bonchev–Trinajstić information content (AvgIpc) is 2.18. The molecule has 0 aliphatic carbocycles. The number of carbonyl (C=O) groups excluding carboxylic acids is 1. The Hall–Kier alpha value is -0.540. The SMILES string of the molecule is O=C(CCCCCl)Nc1cccc(Br)c1. The molecule has 0 spiro atoms. The lowest BCUT2D eigenvalue weighted by molar-refractivity contribution is -0.116. The molecule has 0 radical (unpaired) electrons. The molecule has 1 N–H and O–H groups in total. The number of benzene rings is 1. The predicted octanol–water partition coefficient (Wildman–Crippen LogP) is 3.80. The largest absolute Gasteiger partial charge is 0.326 e. The number of anilines is 1. The third kappa shape index (κ3) is 5.19. The number of hydrogen-bond donors (Lipinski definition) is 1. The summed E-state index contributed by atoms with van der Waals surface area (Å²) in [6.45, 7) is 0. The lowest BCUT2D eigenvalue weighted by atomic mass is 10.2. The molecule has 0 aliphatic rings. The molecule has 0 saturated heterocycles. The fourth-order valence-corrected chi connectivity index (χ4v) is 1.76. The van der Waals surface area contributed by atoms with Crippen LogP contribution in [-0.2, 0) is 4.79 Å². The number of hydrogen-bond acceptors (Lipinski definition) is 1. The molecule has 0 atom stereocenters. The average molecular weight is 291 g/mol. The normalized spacial score (nSPS) is 10.0. The zero-order chi connectivity index (χ0) is 11.1. The third-order valence-electron chi connectivity index (χ3n) is 1.90. The summed E-state index contributed by atoms with van der Waals surface area (Å²) in [4.78, 5) is 11.4. The van der Waals surface area contributed by atoms with E-state index in [1.807, 2.05) is 24.3 Å². The first-order chi connectivity index (χ1) is 7.22. The summed E-state index contributed by atoms with van der Waals surface area (Å²) in [6.07, 6.45) is 2.25. The van der Waals surface area contributed by atoms with E-state index in [0.717, 1.165) is 23.0 Å². The minimum atomic E-state index is 0.0400. The van der Waals surface area contributed by atoms with Gasteiger partial charge in [0.15, 0.2) is 0 Å². The van der Waals surface area contributed by atoms with Crippen LogP contribution >= 0.6 is 27.5 Å². The lowest BCUT2D eigenvalue weighted by Crippen LogP contribution is -2.10. The monoisotopic (exact) mass is 289 g/mol. The molecule has 0 unspecified atom stereocenters. The van der Waals surface area contributed by atoms with Gasteiger partial charge in [0.1, 0.15) is 0 Å². The molecule has 15 heavy (non-hydrogen) atoms. The molecule has 1 aromatic rings. The summed E-state index contributed by atoms with van der Waals surface area (Å²) in [5.41, 5.74) is 0.820. The Morgan fingerprint density at radius 3 is 2.87 bits per heavy atom. The quantitative estimate of drug-likeness (QED) is 0.648. The fraction of sp³-hybridized carbons (Fsp3) is 0.364. The van der Waals surface area contributed by atoms with Gasteiger partial charge in [0.05, 0.1) is 0 Å². The number of amides is 1. The van der Waals surface area contributed by atoms with Crippen LogP contribution in [0.1, 0.15) is 19.3 Å². The highest BCUT2D eigenvalue weighted by Gasteiger charge is 2.01. The summed E-state index contributed by atoms with van der Waals surface area (Å²) >= 11 is 8.88. The van der Waals surface area contributed by atoms with Crippen molar-refractivity contribution < 1.29 is 4.79 Å². The fourth-order valence-electron chi connectivity index (χ4n) is 1.17. The van der Waals surface area contributed by atoms with E-state index in [-0.39, 0.29) is 5.91 Å². The van der Waals surface area contributed by atoms with Crippen LogP contribution in [0.4, 0.5) is 5.69 Å². The molecule has 0 fully saturated rings. The number of unbranched alkanes of at least 4 members (excludes halogenated alkanes) is 1. The van der Waals surface area contributed by atoms with Crippen molar-refractivity contribution in [2.75, 3.05) is 11.2 Å². The van der Waals surface area contributed by atoms with Crippen molar-refractivity contribution in [2.24, 2.45) is 0 Å². The topological polar surface area (TPSA) is 29.1 Å². The second kappa shape index (κ2) is 6.85. The van der Waals surface area contributed by atoms with Gasteiger partial charge in [0.25, 0.3) is 0 Å². The van der Waals surface area contributed by atoms with Crippen LogP contribution < -0.4 is 5.32 Å². The van der Waals surface area contributed by atoms with Gasteiger partial charge < -0.3 is 5.32 Å². The van der Waals surface area contributed by atoms with Gasteiger partial charge in [-0.05, 0) is 31.0 Å². The van der Waals surface area contributed by atoms with Crippen LogP contribution in [0.25, 0.3) is 0 Å². The van der Waals surface area contributed by atoms with Gasteiger partial charge in [-0.2, -0.15) is 0 Å². The molecule has 0 aliphatic heterocycles. The number of halogens is 2. The van der Waals surface area contributed by atoms with Crippen molar-refractivity contribution in [1.82, 2.24) is 0 Å². The van der Waals surface area contributed by atoms with Gasteiger partial charge >= 0.3 is 0 Å². The van der Waals surface area contributed by atoms with Crippen LogP contribution in [0.3, 0.4) is 0 Å². The molecule has 4 heteroatoms. The Kier molecular flexibility index (Phi) is 5.73. The zero-order valence-corrected chi connectivity index (χ0v) is 10.6. The molecule has 1 amide bonds. The first-order valence-electron chi connectivity index (χ1n) is 4.84. The second-order valence-corrected chi connectivity index (χ2v) is 4.50. The lowest BCUT2D eigenvalue weighted by Gasteiger charge is -2.04. The molecular weight excluding hydrogens is 277 g/mol. The summed E-state index contributed by atoms with van der Waals surface area (Å²) in [6, 6.07) is 7.55. The van der Waals surface area contributed by atoms with Gasteiger partial charge in [-0.15, -0.1) is 11.6 Å². The Bertz CT molecular complexity index is 330. The highest BCUT2D eigenvalue weighted by molar-refractivity contribution is 9.10. The van der Waals surface area contributed by atoms with E-state index in [1.165, 1.54) is 0 Å². The molecule has 82 valence electrons. The summed E-state index contributed by atoms with van der Waals surface area (Å²) in [5.74, 6) is 0.655. The van der Waals surface area contributed by atoms with Crippen LogP contribution in [0.15, 0.2) is 28.7 Å². The van der Waals surface area contributed by atoms with Crippen molar-refractivity contribution in [1.29, 1.82) is 0 Å². The van der Waals surface area contributed by atoms with E-state index in [4.69, 9.17) is 11.6 Å². The first kappa shape index (κ1) is 12.5. The van der Waals surface area contributed by atoms with Crippen molar-refractivity contribution >= 4 is 39.1 Å². The summed E-state index contributed by atoms with van der Waals surface area (Å²) in [5, 5.41) is 2.83. The van der Waals surface area contributed by atoms with Crippen LogP contribution in [0.2, 0.25) is 0 Å². The molecule has 0 bridgehead atoms. The highest BCUT2D eigenvalue weighted by Crippen LogP contribution is 2.15. The van der Waals surface area contributed by atoms with Crippen LogP contribution in [0.5, 0.6) is 0 Å². The molecular formula is C11H13BrClNO. The summed E-state index contributed by atoms with van der Waals surface area (Å²) < 4.78 is 0.959. The Morgan fingerprint density at radius 1 is 1.40 bits per heavy atom.